The van der Waals surface area contributed by atoms with E-state index in [1.165, 1.54) is 12.1 Å². The number of carboxylic acid groups (broad SMARTS) is 2. The highest BCUT2D eigenvalue weighted by atomic mass is 16.6. The highest BCUT2D eigenvalue weighted by Crippen LogP contribution is 2.20. The lowest BCUT2D eigenvalue weighted by atomic mass is 10.0. The van der Waals surface area contributed by atoms with Crippen LogP contribution in [-0.4, -0.2) is 28.6 Å². The van der Waals surface area contributed by atoms with Crippen LogP contribution in [-0.2, 0) is 20.8 Å². The molecule has 0 aromatic carbocycles. The third kappa shape index (κ3) is 3.98. The first kappa shape index (κ1) is 12.8. The predicted octanol–water partition coefficient (Wildman–Crippen LogP) is 0.533. The first-order valence-corrected chi connectivity index (χ1v) is 4.66. The summed E-state index contributed by atoms with van der Waals surface area (Å²) in [6, 6.07) is 2.78. The van der Waals surface area contributed by atoms with Gasteiger partial charge in [-0.05, 0) is 6.07 Å². The van der Waals surface area contributed by atoms with E-state index in [9.17, 15) is 14.4 Å². The topological polar surface area (TPSA) is 114 Å². The van der Waals surface area contributed by atoms with Crippen molar-refractivity contribution in [2.24, 2.45) is 5.92 Å². The van der Waals surface area contributed by atoms with Crippen LogP contribution in [0.4, 0.5) is 0 Å². The second-order valence-electron chi connectivity index (χ2n) is 3.27. The Bertz CT molecular complexity index is 420. The Labute approximate surface area is 95.6 Å². The van der Waals surface area contributed by atoms with Gasteiger partial charge in [0.25, 0.3) is 5.95 Å². The normalized spacial score (nSPS) is 11.8. The van der Waals surface area contributed by atoms with Gasteiger partial charge in [0.05, 0.1) is 12.3 Å². The molecule has 0 aliphatic heterocycles. The SMILES string of the molecule is O=COc1ccc(CC(CC(=O)O)C(=O)O)o1. The van der Waals surface area contributed by atoms with E-state index in [2.05, 4.69) is 4.74 Å². The molecular formula is C10H10O7. The maximum atomic E-state index is 10.8. The first-order chi connectivity index (χ1) is 8.02. The zero-order valence-electron chi connectivity index (χ0n) is 8.66. The Morgan fingerprint density at radius 2 is 2.12 bits per heavy atom. The quantitative estimate of drug-likeness (QED) is 0.670. The summed E-state index contributed by atoms with van der Waals surface area (Å²) in [6.45, 7) is 0.175. The third-order valence-electron chi connectivity index (χ3n) is 2.02. The van der Waals surface area contributed by atoms with Crippen molar-refractivity contribution in [3.63, 3.8) is 0 Å². The number of rotatable bonds is 7. The summed E-state index contributed by atoms with van der Waals surface area (Å²) in [5.74, 6) is -3.32. The highest BCUT2D eigenvalue weighted by molar-refractivity contribution is 5.77. The van der Waals surface area contributed by atoms with Crippen molar-refractivity contribution >= 4 is 18.4 Å². The van der Waals surface area contributed by atoms with Crippen molar-refractivity contribution in [3.8, 4) is 5.95 Å². The lowest BCUT2D eigenvalue weighted by molar-refractivity contribution is -0.148. The fourth-order valence-electron chi connectivity index (χ4n) is 1.28. The average molecular weight is 242 g/mol. The van der Waals surface area contributed by atoms with Crippen LogP contribution in [0.1, 0.15) is 12.2 Å². The summed E-state index contributed by atoms with van der Waals surface area (Å²) in [5.41, 5.74) is 0. The molecule has 92 valence electrons. The van der Waals surface area contributed by atoms with Crippen molar-refractivity contribution in [3.05, 3.63) is 17.9 Å². The van der Waals surface area contributed by atoms with Crippen LogP contribution in [0.3, 0.4) is 0 Å². The number of hydrogen-bond donors (Lipinski definition) is 2. The van der Waals surface area contributed by atoms with E-state index in [4.69, 9.17) is 14.6 Å². The van der Waals surface area contributed by atoms with Gasteiger partial charge < -0.3 is 19.4 Å². The molecule has 1 unspecified atom stereocenters. The second-order valence-corrected chi connectivity index (χ2v) is 3.27. The zero-order chi connectivity index (χ0) is 12.8. The van der Waals surface area contributed by atoms with Gasteiger partial charge >= 0.3 is 18.4 Å². The Morgan fingerprint density at radius 3 is 2.65 bits per heavy atom. The molecule has 0 saturated carbocycles. The van der Waals surface area contributed by atoms with Crippen LogP contribution in [0, 0.1) is 5.92 Å². The molecule has 1 rings (SSSR count). The van der Waals surface area contributed by atoms with E-state index >= 15 is 0 Å². The van der Waals surface area contributed by atoms with Crippen LogP contribution in [0.15, 0.2) is 16.5 Å². The fourth-order valence-corrected chi connectivity index (χ4v) is 1.28. The minimum atomic E-state index is -1.22. The highest BCUT2D eigenvalue weighted by Gasteiger charge is 2.23. The Kier molecular flexibility index (Phi) is 4.27. The van der Waals surface area contributed by atoms with Crippen molar-refractivity contribution in [1.82, 2.24) is 0 Å². The van der Waals surface area contributed by atoms with Crippen LogP contribution < -0.4 is 4.74 Å². The zero-order valence-corrected chi connectivity index (χ0v) is 8.66. The number of aliphatic carboxylic acids is 2. The van der Waals surface area contributed by atoms with Crippen LogP contribution in [0.25, 0.3) is 0 Å². The lowest BCUT2D eigenvalue weighted by Gasteiger charge is -2.06. The minimum absolute atomic E-state index is 0.0607. The number of carboxylic acids is 2. The van der Waals surface area contributed by atoms with Crippen LogP contribution in [0.2, 0.25) is 0 Å². The molecule has 0 spiro atoms. The molecule has 1 aromatic heterocycles. The van der Waals surface area contributed by atoms with E-state index in [0.717, 1.165) is 0 Å². The molecule has 2 N–H and O–H groups in total. The standard InChI is InChI=1S/C10H10O7/c11-5-16-9-2-1-7(17-9)3-6(10(14)15)4-8(12)13/h1-2,5-6H,3-4H2,(H,12,13)(H,14,15). The van der Waals surface area contributed by atoms with E-state index in [0.29, 0.717) is 0 Å². The van der Waals surface area contributed by atoms with E-state index in [1.54, 1.807) is 0 Å². The van der Waals surface area contributed by atoms with E-state index in [1.807, 2.05) is 0 Å². The summed E-state index contributed by atoms with van der Waals surface area (Å²) in [6.07, 6.45) is -0.580. The number of carbonyl (C=O) groups excluding carboxylic acids is 1. The Balaban J connectivity index is 2.68. The Hall–Kier alpha value is -2.31. The molecule has 1 heterocycles. The molecule has 0 saturated heterocycles. The van der Waals surface area contributed by atoms with Crippen molar-refractivity contribution in [1.29, 1.82) is 0 Å². The summed E-state index contributed by atoms with van der Waals surface area (Å²) in [4.78, 5) is 31.2. The first-order valence-electron chi connectivity index (χ1n) is 4.66. The summed E-state index contributed by atoms with van der Waals surface area (Å²) < 4.78 is 9.38. The predicted molar refractivity (Wildman–Crippen MR) is 52.5 cm³/mol. The molecule has 0 bridgehead atoms. The lowest BCUT2D eigenvalue weighted by Crippen LogP contribution is -2.19. The average Bonchev–Trinajstić information content (AvgIpc) is 2.64. The fraction of sp³-hybridized carbons (Fsp3) is 0.300. The molecular weight excluding hydrogens is 232 g/mol. The van der Waals surface area contributed by atoms with Gasteiger partial charge in [0.1, 0.15) is 5.76 Å². The maximum absolute atomic E-state index is 10.8. The van der Waals surface area contributed by atoms with Gasteiger partial charge in [-0.15, -0.1) is 0 Å². The van der Waals surface area contributed by atoms with Crippen molar-refractivity contribution < 1.29 is 33.8 Å². The maximum Gasteiger partial charge on any atom is 0.307 e. The van der Waals surface area contributed by atoms with Crippen LogP contribution in [0.5, 0.6) is 5.95 Å². The van der Waals surface area contributed by atoms with Gasteiger partial charge in [-0.3, -0.25) is 14.4 Å². The van der Waals surface area contributed by atoms with Gasteiger partial charge in [0.2, 0.25) is 0 Å². The molecule has 0 fully saturated rings. The molecule has 0 aliphatic rings. The number of carbonyl (C=O) groups is 3. The monoisotopic (exact) mass is 242 g/mol. The minimum Gasteiger partial charge on any atom is -0.481 e. The van der Waals surface area contributed by atoms with Crippen LogP contribution >= 0.6 is 0 Å². The van der Waals surface area contributed by atoms with Gasteiger partial charge in [0, 0.05) is 12.5 Å². The summed E-state index contributed by atoms with van der Waals surface area (Å²) >= 11 is 0. The number of hydrogen-bond acceptors (Lipinski definition) is 5. The van der Waals surface area contributed by atoms with E-state index < -0.39 is 24.3 Å². The van der Waals surface area contributed by atoms with Crippen molar-refractivity contribution in [2.75, 3.05) is 0 Å². The number of ether oxygens (including phenoxy) is 1. The van der Waals surface area contributed by atoms with Gasteiger partial charge in [-0.25, -0.2) is 0 Å². The molecule has 1 atom stereocenters. The molecule has 0 aliphatic carbocycles. The van der Waals surface area contributed by atoms with E-state index in [-0.39, 0.29) is 24.6 Å². The Morgan fingerprint density at radius 1 is 1.41 bits per heavy atom. The van der Waals surface area contributed by atoms with Gasteiger partial charge in [-0.1, -0.05) is 0 Å². The summed E-state index contributed by atoms with van der Waals surface area (Å²) in [5, 5.41) is 17.3. The molecule has 1 aromatic rings. The smallest absolute Gasteiger partial charge is 0.307 e. The van der Waals surface area contributed by atoms with Gasteiger partial charge in [0.15, 0.2) is 0 Å². The number of furan rings is 1. The molecule has 17 heavy (non-hydrogen) atoms. The molecule has 0 radical (unpaired) electrons. The molecule has 7 heteroatoms. The molecule has 7 nitrogen and oxygen atoms in total. The van der Waals surface area contributed by atoms with Gasteiger partial charge in [-0.2, -0.15) is 0 Å². The van der Waals surface area contributed by atoms with Crippen molar-refractivity contribution in [2.45, 2.75) is 12.8 Å². The third-order valence-corrected chi connectivity index (χ3v) is 2.02. The largest absolute Gasteiger partial charge is 0.481 e. The second kappa shape index (κ2) is 5.69. The summed E-state index contributed by atoms with van der Waals surface area (Å²) in [7, 11) is 0. The molecule has 0 amide bonds.